The van der Waals surface area contributed by atoms with Crippen molar-refractivity contribution in [3.05, 3.63) is 54.6 Å². The fourth-order valence-electron chi connectivity index (χ4n) is 2.94. The summed E-state index contributed by atoms with van der Waals surface area (Å²) in [5.74, 6) is 0.584. The number of sulfone groups is 1. The molecule has 0 fully saturated rings. The number of hydrogen-bond acceptors (Lipinski definition) is 8. The van der Waals surface area contributed by atoms with Gasteiger partial charge in [-0.25, -0.2) is 16.8 Å². The van der Waals surface area contributed by atoms with Crippen LogP contribution in [0.5, 0.6) is 11.5 Å². The molecule has 0 bridgehead atoms. The summed E-state index contributed by atoms with van der Waals surface area (Å²) in [5.41, 5.74) is 1.45. The molecule has 0 amide bonds. The first-order valence-corrected chi connectivity index (χ1v) is 13.4. The first-order valence-electron chi connectivity index (χ1n) is 10.3. The number of anilines is 1. The highest BCUT2D eigenvalue weighted by Gasteiger charge is 2.21. The van der Waals surface area contributed by atoms with Gasteiger partial charge in [0.05, 0.1) is 24.7 Å². The molecule has 1 heterocycles. The average Bonchev–Trinajstić information content (AvgIpc) is 2.81. The van der Waals surface area contributed by atoms with Gasteiger partial charge in [0.15, 0.2) is 14.9 Å². The van der Waals surface area contributed by atoms with Crippen LogP contribution in [0.25, 0.3) is 11.3 Å². The smallest absolute Gasteiger partial charge is 0.265 e. The Morgan fingerprint density at radius 1 is 0.818 bits per heavy atom. The number of nitrogens with one attached hydrogen (secondary N) is 1. The highest BCUT2D eigenvalue weighted by Crippen LogP contribution is 2.30. The molecule has 9 nitrogen and oxygen atoms in total. The molecule has 0 unspecified atom stereocenters. The van der Waals surface area contributed by atoms with Crippen LogP contribution in [0.2, 0.25) is 0 Å². The highest BCUT2D eigenvalue weighted by molar-refractivity contribution is 7.92. The van der Waals surface area contributed by atoms with Gasteiger partial charge in [0.25, 0.3) is 10.0 Å². The molecule has 11 heteroatoms. The maximum Gasteiger partial charge on any atom is 0.265 e. The number of sulfonamides is 1. The summed E-state index contributed by atoms with van der Waals surface area (Å²) in [6.07, 6.45) is 0. The molecule has 0 saturated heterocycles. The lowest BCUT2D eigenvalue weighted by Gasteiger charge is -2.14. The molecule has 33 heavy (non-hydrogen) atoms. The lowest BCUT2D eigenvalue weighted by Crippen LogP contribution is -2.15. The predicted molar refractivity (Wildman–Crippen MR) is 125 cm³/mol. The molecule has 0 saturated carbocycles. The van der Waals surface area contributed by atoms with Crippen LogP contribution in [0.3, 0.4) is 0 Å². The van der Waals surface area contributed by atoms with Gasteiger partial charge in [-0.3, -0.25) is 4.72 Å². The molecule has 0 aliphatic heterocycles. The molecular formula is C22H25N3O6S2. The van der Waals surface area contributed by atoms with Crippen LogP contribution in [0, 0.1) is 0 Å². The van der Waals surface area contributed by atoms with Crippen LogP contribution in [0.15, 0.2) is 64.5 Å². The summed E-state index contributed by atoms with van der Waals surface area (Å²) in [4.78, 5) is -0.0297. The standard InChI is InChI=1S/C22H25N3O6S2/c1-4-30-18-11-13-20(31-5-2)21(15-18)33(28,29)25-17-9-7-16(8-10-17)19-12-14-22(24-23-19)32(26,27)6-3/h7-15,25H,4-6H2,1-3H3. The number of rotatable bonds is 10. The topological polar surface area (TPSA) is 125 Å². The first kappa shape index (κ1) is 24.5. The number of benzene rings is 2. The molecule has 3 aromatic rings. The number of aromatic nitrogens is 2. The van der Waals surface area contributed by atoms with E-state index in [2.05, 4.69) is 14.9 Å². The SMILES string of the molecule is CCOc1ccc(OCC)c(S(=O)(=O)Nc2ccc(-c3ccc(S(=O)(=O)CC)nn3)cc2)c1. The van der Waals surface area contributed by atoms with Crippen molar-refractivity contribution in [1.29, 1.82) is 0 Å². The predicted octanol–water partition coefficient (Wildman–Crippen LogP) is 3.54. The van der Waals surface area contributed by atoms with Crippen molar-refractivity contribution in [1.82, 2.24) is 10.2 Å². The maximum absolute atomic E-state index is 13.0. The summed E-state index contributed by atoms with van der Waals surface area (Å²) in [6.45, 7) is 5.83. The Kier molecular flexibility index (Phi) is 7.54. The van der Waals surface area contributed by atoms with E-state index in [0.717, 1.165) is 0 Å². The number of nitrogens with zero attached hydrogens (tertiary/aromatic N) is 2. The van der Waals surface area contributed by atoms with Crippen LogP contribution in [-0.4, -0.2) is 46.0 Å². The van der Waals surface area contributed by atoms with E-state index in [1.54, 1.807) is 49.4 Å². The Morgan fingerprint density at radius 3 is 2.09 bits per heavy atom. The largest absolute Gasteiger partial charge is 0.494 e. The number of hydrogen-bond donors (Lipinski definition) is 1. The van der Waals surface area contributed by atoms with Gasteiger partial charge in [0.1, 0.15) is 16.4 Å². The van der Waals surface area contributed by atoms with Crippen molar-refractivity contribution in [2.75, 3.05) is 23.7 Å². The van der Waals surface area contributed by atoms with Crippen molar-refractivity contribution in [3.63, 3.8) is 0 Å². The molecule has 2 aromatic carbocycles. The molecule has 1 N–H and O–H groups in total. The molecule has 0 atom stereocenters. The van der Waals surface area contributed by atoms with Gasteiger partial charge in [-0.2, -0.15) is 0 Å². The summed E-state index contributed by atoms with van der Waals surface area (Å²) >= 11 is 0. The third kappa shape index (κ3) is 5.79. The van der Waals surface area contributed by atoms with E-state index in [1.165, 1.54) is 19.1 Å². The Hall–Kier alpha value is -3.18. The Bertz CT molecular complexity index is 1310. The van der Waals surface area contributed by atoms with E-state index in [0.29, 0.717) is 35.9 Å². The Labute approximate surface area is 193 Å². The van der Waals surface area contributed by atoms with Gasteiger partial charge in [-0.1, -0.05) is 19.1 Å². The zero-order chi connectivity index (χ0) is 24.1. The minimum atomic E-state index is -3.96. The summed E-state index contributed by atoms with van der Waals surface area (Å²) in [5, 5.41) is 7.68. The van der Waals surface area contributed by atoms with Gasteiger partial charge < -0.3 is 9.47 Å². The number of ether oxygens (including phenoxy) is 2. The van der Waals surface area contributed by atoms with Crippen molar-refractivity contribution >= 4 is 25.5 Å². The Balaban J connectivity index is 1.84. The second kappa shape index (κ2) is 10.2. The summed E-state index contributed by atoms with van der Waals surface area (Å²) < 4.78 is 63.3. The molecule has 176 valence electrons. The first-order chi connectivity index (χ1) is 15.7. The minimum Gasteiger partial charge on any atom is -0.494 e. The molecule has 1 aromatic heterocycles. The van der Waals surface area contributed by atoms with E-state index in [-0.39, 0.29) is 21.4 Å². The minimum absolute atomic E-state index is 0.0297. The van der Waals surface area contributed by atoms with E-state index in [1.807, 2.05) is 6.92 Å². The average molecular weight is 492 g/mol. The van der Waals surface area contributed by atoms with Gasteiger partial charge in [0.2, 0.25) is 0 Å². The van der Waals surface area contributed by atoms with Crippen molar-refractivity contribution in [2.45, 2.75) is 30.7 Å². The quantitative estimate of drug-likeness (QED) is 0.457. The van der Waals surface area contributed by atoms with E-state index >= 15 is 0 Å². The van der Waals surface area contributed by atoms with Crippen molar-refractivity contribution < 1.29 is 26.3 Å². The fraction of sp³-hybridized carbons (Fsp3) is 0.273. The lowest BCUT2D eigenvalue weighted by atomic mass is 10.1. The molecule has 0 aliphatic carbocycles. The van der Waals surface area contributed by atoms with Crippen molar-refractivity contribution in [3.8, 4) is 22.8 Å². The van der Waals surface area contributed by atoms with E-state index < -0.39 is 19.9 Å². The van der Waals surface area contributed by atoms with Crippen LogP contribution >= 0.6 is 0 Å². The lowest BCUT2D eigenvalue weighted by molar-refractivity contribution is 0.322. The summed E-state index contributed by atoms with van der Waals surface area (Å²) in [6, 6.07) is 14.1. The highest BCUT2D eigenvalue weighted by atomic mass is 32.2. The second-order valence-electron chi connectivity index (χ2n) is 6.82. The fourth-order valence-corrected chi connectivity index (χ4v) is 4.89. The van der Waals surface area contributed by atoms with Crippen LogP contribution in [0.4, 0.5) is 5.69 Å². The molecule has 3 rings (SSSR count). The molecule has 0 aliphatic rings. The third-order valence-electron chi connectivity index (χ3n) is 4.59. The summed E-state index contributed by atoms with van der Waals surface area (Å²) in [7, 11) is -7.39. The normalized spacial score (nSPS) is 11.7. The van der Waals surface area contributed by atoms with E-state index in [4.69, 9.17) is 9.47 Å². The van der Waals surface area contributed by atoms with Crippen LogP contribution < -0.4 is 14.2 Å². The Morgan fingerprint density at radius 2 is 1.52 bits per heavy atom. The van der Waals surface area contributed by atoms with E-state index in [9.17, 15) is 16.8 Å². The molecule has 0 spiro atoms. The van der Waals surface area contributed by atoms with Crippen LogP contribution in [-0.2, 0) is 19.9 Å². The zero-order valence-electron chi connectivity index (χ0n) is 18.5. The molecular weight excluding hydrogens is 466 g/mol. The molecule has 0 radical (unpaired) electrons. The van der Waals surface area contributed by atoms with Gasteiger partial charge in [-0.15, -0.1) is 10.2 Å². The second-order valence-corrected chi connectivity index (χ2v) is 10.7. The monoisotopic (exact) mass is 491 g/mol. The van der Waals surface area contributed by atoms with Crippen molar-refractivity contribution in [2.24, 2.45) is 0 Å². The van der Waals surface area contributed by atoms with Gasteiger partial charge in [-0.05, 0) is 50.2 Å². The van der Waals surface area contributed by atoms with Gasteiger partial charge >= 0.3 is 0 Å². The zero-order valence-corrected chi connectivity index (χ0v) is 20.1. The maximum atomic E-state index is 13.0. The third-order valence-corrected chi connectivity index (χ3v) is 7.60. The van der Waals surface area contributed by atoms with Crippen LogP contribution in [0.1, 0.15) is 20.8 Å². The van der Waals surface area contributed by atoms with Gasteiger partial charge in [0, 0.05) is 17.3 Å².